The fourth-order valence-electron chi connectivity index (χ4n) is 1.69. The Balaban J connectivity index is 1.95. The van der Waals surface area contributed by atoms with Gasteiger partial charge in [-0.1, -0.05) is 0 Å². The smallest absolute Gasteiger partial charge is 0.358 e. The highest BCUT2D eigenvalue weighted by Gasteiger charge is 2.15. The monoisotopic (exact) mass is 237 g/mol. The first kappa shape index (κ1) is 11.8. The molecule has 0 radical (unpaired) electrons. The third-order valence-electron chi connectivity index (χ3n) is 2.57. The molecule has 6 heteroatoms. The van der Waals surface area contributed by atoms with Crippen molar-refractivity contribution in [2.75, 3.05) is 20.2 Å². The number of methoxy groups -OCH3 is 1. The molecule has 6 nitrogen and oxygen atoms in total. The second-order valence-corrected chi connectivity index (χ2v) is 3.83. The molecular formula is C11H15N3O3. The predicted molar refractivity (Wildman–Crippen MR) is 59.9 cm³/mol. The van der Waals surface area contributed by atoms with E-state index in [1.165, 1.54) is 7.11 Å². The lowest BCUT2D eigenvalue weighted by Crippen LogP contribution is -2.37. The molecule has 0 spiro atoms. The van der Waals surface area contributed by atoms with Gasteiger partial charge in [-0.05, 0) is 25.5 Å². The highest BCUT2D eigenvalue weighted by atomic mass is 16.5. The zero-order chi connectivity index (χ0) is 12.1. The number of aromatic nitrogens is 2. The number of hydrogen-bond donors (Lipinski definition) is 1. The van der Waals surface area contributed by atoms with Crippen LogP contribution in [0.25, 0.3) is 0 Å². The molecule has 0 saturated carbocycles. The predicted octanol–water partition coefficient (Wildman–Crippen LogP) is 0.394. The molecule has 1 aliphatic rings. The van der Waals surface area contributed by atoms with Crippen molar-refractivity contribution in [1.29, 1.82) is 0 Å². The van der Waals surface area contributed by atoms with Gasteiger partial charge in [-0.2, -0.15) is 0 Å². The average molecular weight is 237 g/mol. The average Bonchev–Trinajstić information content (AvgIpc) is 2.40. The molecule has 2 rings (SSSR count). The van der Waals surface area contributed by atoms with Gasteiger partial charge in [0.2, 0.25) is 5.88 Å². The summed E-state index contributed by atoms with van der Waals surface area (Å²) in [4.78, 5) is 11.1. The van der Waals surface area contributed by atoms with Crippen molar-refractivity contribution < 1.29 is 14.3 Å². The number of hydrogen-bond acceptors (Lipinski definition) is 6. The van der Waals surface area contributed by atoms with E-state index in [0.29, 0.717) is 5.88 Å². The fraction of sp³-hybridized carbons (Fsp3) is 0.545. The Morgan fingerprint density at radius 2 is 2.35 bits per heavy atom. The standard InChI is InChI=1S/C11H15N3O3/c1-16-11(15)9-4-5-10(14-13-9)17-8-3-2-6-12-7-8/h4-5,8,12H,2-3,6-7H2,1H3/t8-/m0/s1. The van der Waals surface area contributed by atoms with Crippen LogP contribution in [-0.2, 0) is 4.74 Å². The van der Waals surface area contributed by atoms with Crippen molar-refractivity contribution in [3.05, 3.63) is 17.8 Å². The maximum atomic E-state index is 11.1. The second-order valence-electron chi connectivity index (χ2n) is 3.83. The number of ether oxygens (including phenoxy) is 2. The van der Waals surface area contributed by atoms with Crippen molar-refractivity contribution in [2.24, 2.45) is 0 Å². The first-order valence-electron chi connectivity index (χ1n) is 5.59. The minimum Gasteiger partial charge on any atom is -0.472 e. The Morgan fingerprint density at radius 1 is 1.47 bits per heavy atom. The van der Waals surface area contributed by atoms with E-state index in [-0.39, 0.29) is 11.8 Å². The van der Waals surface area contributed by atoms with Crippen molar-refractivity contribution in [3.63, 3.8) is 0 Å². The molecule has 0 aliphatic carbocycles. The van der Waals surface area contributed by atoms with Gasteiger partial charge in [-0.3, -0.25) is 0 Å². The quantitative estimate of drug-likeness (QED) is 0.767. The fourth-order valence-corrected chi connectivity index (χ4v) is 1.69. The van der Waals surface area contributed by atoms with E-state index in [2.05, 4.69) is 20.3 Å². The zero-order valence-corrected chi connectivity index (χ0v) is 9.68. The van der Waals surface area contributed by atoms with Gasteiger partial charge in [0.1, 0.15) is 6.10 Å². The van der Waals surface area contributed by atoms with Gasteiger partial charge in [0, 0.05) is 12.6 Å². The Bertz CT molecular complexity index is 374. The van der Waals surface area contributed by atoms with Crippen LogP contribution in [0.4, 0.5) is 0 Å². The molecule has 0 amide bonds. The highest BCUT2D eigenvalue weighted by Crippen LogP contribution is 2.12. The normalized spacial score (nSPS) is 19.7. The van der Waals surface area contributed by atoms with Crippen LogP contribution in [0.5, 0.6) is 5.88 Å². The van der Waals surface area contributed by atoms with Gasteiger partial charge >= 0.3 is 5.97 Å². The van der Waals surface area contributed by atoms with Gasteiger partial charge in [0.25, 0.3) is 0 Å². The Hall–Kier alpha value is -1.69. The van der Waals surface area contributed by atoms with Crippen LogP contribution < -0.4 is 10.1 Å². The summed E-state index contributed by atoms with van der Waals surface area (Å²) in [6.07, 6.45) is 2.23. The van der Waals surface area contributed by atoms with Crippen molar-refractivity contribution in [1.82, 2.24) is 15.5 Å². The van der Waals surface area contributed by atoms with E-state index in [0.717, 1.165) is 25.9 Å². The van der Waals surface area contributed by atoms with Crippen molar-refractivity contribution in [3.8, 4) is 5.88 Å². The van der Waals surface area contributed by atoms with Gasteiger partial charge < -0.3 is 14.8 Å². The van der Waals surface area contributed by atoms with Crippen LogP contribution >= 0.6 is 0 Å². The molecule has 1 aromatic heterocycles. The van der Waals surface area contributed by atoms with E-state index in [4.69, 9.17) is 4.74 Å². The SMILES string of the molecule is COC(=O)c1ccc(O[C@H]2CCCNC2)nn1. The van der Waals surface area contributed by atoms with Gasteiger partial charge in [-0.15, -0.1) is 10.2 Å². The summed E-state index contributed by atoms with van der Waals surface area (Å²) in [6.45, 7) is 1.85. The summed E-state index contributed by atoms with van der Waals surface area (Å²) in [5.74, 6) is -0.0604. The van der Waals surface area contributed by atoms with Gasteiger partial charge in [-0.25, -0.2) is 4.79 Å². The molecule has 1 fully saturated rings. The molecule has 17 heavy (non-hydrogen) atoms. The van der Waals surface area contributed by atoms with Crippen LogP contribution in [-0.4, -0.2) is 42.5 Å². The minimum absolute atomic E-state index is 0.127. The zero-order valence-electron chi connectivity index (χ0n) is 9.68. The van der Waals surface area contributed by atoms with Crippen LogP contribution in [0.15, 0.2) is 12.1 Å². The molecule has 1 N–H and O–H groups in total. The Kier molecular flexibility index (Phi) is 3.87. The summed E-state index contributed by atoms with van der Waals surface area (Å²) in [5.41, 5.74) is 0.182. The van der Waals surface area contributed by atoms with E-state index < -0.39 is 5.97 Å². The largest absolute Gasteiger partial charge is 0.472 e. The lowest BCUT2D eigenvalue weighted by molar-refractivity contribution is 0.0592. The summed E-state index contributed by atoms with van der Waals surface area (Å²) in [7, 11) is 1.31. The number of carbonyl (C=O) groups excluding carboxylic acids is 1. The maximum absolute atomic E-state index is 11.1. The molecule has 92 valence electrons. The lowest BCUT2D eigenvalue weighted by atomic mass is 10.1. The Labute approximate surface area is 99.3 Å². The van der Waals surface area contributed by atoms with Crippen molar-refractivity contribution >= 4 is 5.97 Å². The maximum Gasteiger partial charge on any atom is 0.358 e. The van der Waals surface area contributed by atoms with E-state index >= 15 is 0 Å². The summed E-state index contributed by atoms with van der Waals surface area (Å²) in [6, 6.07) is 3.18. The summed E-state index contributed by atoms with van der Waals surface area (Å²) >= 11 is 0. The third-order valence-corrected chi connectivity index (χ3v) is 2.57. The molecule has 0 unspecified atom stereocenters. The Morgan fingerprint density at radius 3 is 2.94 bits per heavy atom. The molecule has 2 heterocycles. The van der Waals surface area contributed by atoms with Crippen LogP contribution in [0, 0.1) is 0 Å². The molecule has 1 atom stereocenters. The highest BCUT2D eigenvalue weighted by molar-refractivity contribution is 5.86. The number of rotatable bonds is 3. The lowest BCUT2D eigenvalue weighted by Gasteiger charge is -2.22. The number of carbonyl (C=O) groups is 1. The number of nitrogens with one attached hydrogen (secondary N) is 1. The first-order valence-corrected chi connectivity index (χ1v) is 5.59. The number of esters is 1. The molecule has 0 aromatic carbocycles. The van der Waals surface area contributed by atoms with Crippen LogP contribution in [0.3, 0.4) is 0 Å². The molecule has 1 aromatic rings. The molecule has 1 aliphatic heterocycles. The van der Waals surface area contributed by atoms with E-state index in [1.54, 1.807) is 12.1 Å². The minimum atomic E-state index is -0.497. The number of piperidine rings is 1. The summed E-state index contributed by atoms with van der Waals surface area (Å²) in [5, 5.41) is 10.8. The van der Waals surface area contributed by atoms with Crippen LogP contribution in [0.1, 0.15) is 23.3 Å². The van der Waals surface area contributed by atoms with Crippen molar-refractivity contribution in [2.45, 2.75) is 18.9 Å². The first-order chi connectivity index (χ1) is 8.29. The molecule has 0 bridgehead atoms. The molecular weight excluding hydrogens is 222 g/mol. The third kappa shape index (κ3) is 3.13. The van der Waals surface area contributed by atoms with E-state index in [1.807, 2.05) is 0 Å². The number of nitrogens with zero attached hydrogens (tertiary/aromatic N) is 2. The topological polar surface area (TPSA) is 73.3 Å². The van der Waals surface area contributed by atoms with Gasteiger partial charge in [0.05, 0.1) is 7.11 Å². The van der Waals surface area contributed by atoms with Crippen LogP contribution in [0.2, 0.25) is 0 Å². The second kappa shape index (κ2) is 5.58. The molecule has 1 saturated heterocycles. The van der Waals surface area contributed by atoms with E-state index in [9.17, 15) is 4.79 Å². The van der Waals surface area contributed by atoms with Gasteiger partial charge in [0.15, 0.2) is 5.69 Å². The summed E-state index contributed by atoms with van der Waals surface area (Å²) < 4.78 is 10.2.